The van der Waals surface area contributed by atoms with E-state index in [0.717, 1.165) is 11.8 Å². The highest BCUT2D eigenvalue weighted by atomic mass is 35.5. The largest absolute Gasteiger partial charge is 0.493 e. The highest BCUT2D eigenvalue weighted by molar-refractivity contribution is 7.92. The minimum absolute atomic E-state index is 0.0538. The van der Waals surface area contributed by atoms with Crippen LogP contribution in [-0.2, 0) is 21.2 Å². The van der Waals surface area contributed by atoms with Gasteiger partial charge in [0.05, 0.1) is 12.1 Å². The van der Waals surface area contributed by atoms with Crippen LogP contribution >= 0.6 is 22.9 Å². The number of methoxy groups -OCH3 is 1. The maximum Gasteiger partial charge on any atom is 0.268 e. The van der Waals surface area contributed by atoms with Crippen molar-refractivity contribution >= 4 is 49.9 Å². The minimum atomic E-state index is -3.56. The first-order valence-corrected chi connectivity index (χ1v) is 12.3. The molecule has 12 heteroatoms. The van der Waals surface area contributed by atoms with Crippen molar-refractivity contribution < 1.29 is 22.7 Å². The molecule has 1 N–H and O–H groups in total. The zero-order valence-electron chi connectivity index (χ0n) is 17.4. The van der Waals surface area contributed by atoms with E-state index in [1.807, 2.05) is 30.3 Å². The van der Waals surface area contributed by atoms with E-state index < -0.39 is 15.7 Å². The predicted molar refractivity (Wildman–Crippen MR) is 124 cm³/mol. The van der Waals surface area contributed by atoms with Crippen molar-refractivity contribution in [2.75, 3.05) is 18.7 Å². The van der Waals surface area contributed by atoms with Gasteiger partial charge in [-0.1, -0.05) is 53.3 Å². The van der Waals surface area contributed by atoms with Gasteiger partial charge in [-0.25, -0.2) is 8.42 Å². The smallest absolute Gasteiger partial charge is 0.268 e. The molecule has 0 saturated carbocycles. The molecule has 0 bridgehead atoms. The number of halogens is 1. The lowest BCUT2D eigenvalue weighted by atomic mass is 10.1. The number of sulfone groups is 1. The third-order valence-corrected chi connectivity index (χ3v) is 6.89. The van der Waals surface area contributed by atoms with Gasteiger partial charge < -0.3 is 9.47 Å². The van der Waals surface area contributed by atoms with Gasteiger partial charge in [0.1, 0.15) is 18.2 Å². The van der Waals surface area contributed by atoms with E-state index in [4.69, 9.17) is 21.1 Å². The SMILES string of the molecule is COc1cc(/C=C(/C#N)C(=O)Nc2nnc(S(C)(=O)=O)s2)cc(Cl)c1OCc1ccccc1. The Morgan fingerprint density at radius 3 is 2.61 bits per heavy atom. The van der Waals surface area contributed by atoms with Gasteiger partial charge in [0, 0.05) is 6.26 Å². The molecular formula is C21H17ClN4O5S2. The number of nitrogens with one attached hydrogen (secondary N) is 1. The summed E-state index contributed by atoms with van der Waals surface area (Å²) in [5.41, 5.74) is 1.10. The van der Waals surface area contributed by atoms with Crippen LogP contribution < -0.4 is 14.8 Å². The highest BCUT2D eigenvalue weighted by Gasteiger charge is 2.18. The number of aromatic nitrogens is 2. The van der Waals surface area contributed by atoms with Crippen LogP contribution in [0.2, 0.25) is 5.02 Å². The van der Waals surface area contributed by atoms with E-state index in [2.05, 4.69) is 15.5 Å². The average molecular weight is 505 g/mol. The molecule has 9 nitrogen and oxygen atoms in total. The Morgan fingerprint density at radius 2 is 2.00 bits per heavy atom. The summed E-state index contributed by atoms with van der Waals surface area (Å²) in [7, 11) is -2.11. The Hall–Kier alpha value is -3.46. The van der Waals surface area contributed by atoms with E-state index in [1.165, 1.54) is 19.3 Å². The fourth-order valence-electron chi connectivity index (χ4n) is 2.58. The van der Waals surface area contributed by atoms with Crippen LogP contribution in [-0.4, -0.2) is 37.9 Å². The van der Waals surface area contributed by atoms with Crippen molar-refractivity contribution in [3.8, 4) is 17.6 Å². The zero-order valence-corrected chi connectivity index (χ0v) is 19.8. The van der Waals surface area contributed by atoms with Crippen molar-refractivity contribution in [2.45, 2.75) is 10.9 Å². The Labute approximate surface area is 199 Å². The molecule has 0 aliphatic heterocycles. The second-order valence-corrected chi connectivity index (χ2v) is 10.2. The fourth-order valence-corrected chi connectivity index (χ4v) is 4.36. The van der Waals surface area contributed by atoms with Crippen LogP contribution in [0.4, 0.5) is 5.13 Å². The Balaban J connectivity index is 1.81. The fraction of sp³-hybridized carbons (Fsp3) is 0.143. The molecule has 3 rings (SSSR count). The van der Waals surface area contributed by atoms with Crippen molar-refractivity contribution in [3.63, 3.8) is 0 Å². The molecule has 2 aromatic carbocycles. The van der Waals surface area contributed by atoms with Gasteiger partial charge in [0.15, 0.2) is 11.5 Å². The van der Waals surface area contributed by atoms with Gasteiger partial charge in [0.2, 0.25) is 19.3 Å². The first kappa shape index (κ1) is 24.2. The molecular weight excluding hydrogens is 488 g/mol. The average Bonchev–Trinajstić information content (AvgIpc) is 3.26. The quantitative estimate of drug-likeness (QED) is 0.279. The number of nitriles is 1. The number of carbonyl (C=O) groups excluding carboxylic acids is 1. The first-order valence-electron chi connectivity index (χ1n) is 9.22. The van der Waals surface area contributed by atoms with Crippen molar-refractivity contribution in [1.82, 2.24) is 10.2 Å². The number of carbonyl (C=O) groups is 1. The standard InChI is InChI=1S/C21H17ClN4O5S2/c1-30-17-10-14(9-16(22)18(17)31-12-13-6-4-3-5-7-13)8-15(11-23)19(27)24-20-25-26-21(32-20)33(2,28)29/h3-10H,12H2,1-2H3,(H,24,25,27)/b15-8-. The number of rotatable bonds is 8. The predicted octanol–water partition coefficient (Wildman–Crippen LogP) is 3.73. The van der Waals surface area contributed by atoms with Crippen molar-refractivity contribution in [3.05, 3.63) is 64.2 Å². The van der Waals surface area contributed by atoms with Gasteiger partial charge >= 0.3 is 0 Å². The molecule has 0 aliphatic carbocycles. The monoisotopic (exact) mass is 504 g/mol. The number of ether oxygens (including phenoxy) is 2. The van der Waals surface area contributed by atoms with Gasteiger partial charge in [-0.15, -0.1) is 10.2 Å². The van der Waals surface area contributed by atoms with E-state index in [0.29, 0.717) is 28.4 Å². The number of hydrogen-bond acceptors (Lipinski definition) is 9. The summed E-state index contributed by atoms with van der Waals surface area (Å²) >= 11 is 7.05. The van der Waals surface area contributed by atoms with Gasteiger partial charge in [-0.05, 0) is 29.3 Å². The topological polar surface area (TPSA) is 131 Å². The van der Waals surface area contributed by atoms with E-state index >= 15 is 0 Å². The molecule has 0 spiro atoms. The van der Waals surface area contributed by atoms with Crippen LogP contribution in [0.25, 0.3) is 6.08 Å². The second kappa shape index (κ2) is 10.4. The van der Waals surface area contributed by atoms with Crippen LogP contribution in [0.1, 0.15) is 11.1 Å². The van der Waals surface area contributed by atoms with Crippen LogP contribution in [0.15, 0.2) is 52.4 Å². The first-order chi connectivity index (χ1) is 15.7. The van der Waals surface area contributed by atoms with Gasteiger partial charge in [0.25, 0.3) is 5.91 Å². The molecule has 170 valence electrons. The van der Waals surface area contributed by atoms with Crippen molar-refractivity contribution in [2.24, 2.45) is 0 Å². The van der Waals surface area contributed by atoms with Gasteiger partial charge in [-0.3, -0.25) is 10.1 Å². The van der Waals surface area contributed by atoms with Crippen LogP contribution in [0.5, 0.6) is 11.5 Å². The maximum atomic E-state index is 12.5. The maximum absolute atomic E-state index is 12.5. The lowest BCUT2D eigenvalue weighted by Crippen LogP contribution is -2.13. The number of amides is 1. The van der Waals surface area contributed by atoms with Crippen molar-refractivity contribution in [1.29, 1.82) is 5.26 Å². The molecule has 1 aromatic heterocycles. The van der Waals surface area contributed by atoms with E-state index in [1.54, 1.807) is 12.1 Å². The lowest BCUT2D eigenvalue weighted by Gasteiger charge is -2.13. The summed E-state index contributed by atoms with van der Waals surface area (Å²) in [6.45, 7) is 0.273. The van der Waals surface area contributed by atoms with Crippen LogP contribution in [0.3, 0.4) is 0 Å². The Bertz CT molecular complexity index is 1350. The molecule has 3 aromatic rings. The summed E-state index contributed by atoms with van der Waals surface area (Å²) in [4.78, 5) is 12.5. The summed E-state index contributed by atoms with van der Waals surface area (Å²) in [5.74, 6) is -0.136. The molecule has 0 unspecified atom stereocenters. The Kier molecular flexibility index (Phi) is 7.65. The summed E-state index contributed by atoms with van der Waals surface area (Å²) in [6, 6.07) is 14.4. The zero-order chi connectivity index (χ0) is 24.0. The van der Waals surface area contributed by atoms with Crippen LogP contribution in [0, 0.1) is 11.3 Å². The third-order valence-electron chi connectivity index (χ3n) is 4.10. The summed E-state index contributed by atoms with van der Waals surface area (Å²) in [5, 5.41) is 19.1. The summed E-state index contributed by atoms with van der Waals surface area (Å²) in [6.07, 6.45) is 2.29. The minimum Gasteiger partial charge on any atom is -0.493 e. The molecule has 33 heavy (non-hydrogen) atoms. The molecule has 0 radical (unpaired) electrons. The normalized spacial score (nSPS) is 11.5. The Morgan fingerprint density at radius 1 is 1.27 bits per heavy atom. The molecule has 0 fully saturated rings. The highest BCUT2D eigenvalue weighted by Crippen LogP contribution is 2.37. The second-order valence-electron chi connectivity index (χ2n) is 6.58. The summed E-state index contributed by atoms with van der Waals surface area (Å²) < 4.78 is 33.9. The lowest BCUT2D eigenvalue weighted by molar-refractivity contribution is -0.112. The molecule has 0 saturated heterocycles. The number of anilines is 1. The van der Waals surface area contributed by atoms with E-state index in [-0.39, 0.29) is 26.7 Å². The molecule has 0 atom stereocenters. The number of hydrogen-bond donors (Lipinski definition) is 1. The van der Waals surface area contributed by atoms with Gasteiger partial charge in [-0.2, -0.15) is 5.26 Å². The number of nitrogens with zero attached hydrogens (tertiary/aromatic N) is 3. The molecule has 1 amide bonds. The molecule has 1 heterocycles. The third kappa shape index (κ3) is 6.29. The number of benzene rings is 2. The van der Waals surface area contributed by atoms with E-state index in [9.17, 15) is 18.5 Å². The molecule has 0 aliphatic rings.